The summed E-state index contributed by atoms with van der Waals surface area (Å²) < 4.78 is 5.17. The Hall–Kier alpha value is -3.66. The molecule has 0 radical (unpaired) electrons. The van der Waals surface area contributed by atoms with E-state index in [1.807, 2.05) is 54.6 Å². The van der Waals surface area contributed by atoms with Gasteiger partial charge < -0.3 is 9.84 Å². The summed E-state index contributed by atoms with van der Waals surface area (Å²) in [4.78, 5) is 24.9. The number of fused-ring (bicyclic) bond motifs is 2. The van der Waals surface area contributed by atoms with E-state index in [4.69, 9.17) is 4.74 Å². The zero-order valence-corrected chi connectivity index (χ0v) is 14.4. The second-order valence-electron chi connectivity index (χ2n) is 6.24. The number of ether oxygens (including phenoxy) is 1. The van der Waals surface area contributed by atoms with Gasteiger partial charge in [0.2, 0.25) is 5.78 Å². The molecule has 0 saturated heterocycles. The summed E-state index contributed by atoms with van der Waals surface area (Å²) in [7, 11) is 0. The normalized spacial score (nSPS) is 10.8. The molecular weight excluding hydrogens is 340 g/mol. The second-order valence-corrected chi connectivity index (χ2v) is 6.24. The quantitative estimate of drug-likeness (QED) is 0.424. The molecule has 1 N–H and O–H groups in total. The van der Waals surface area contributed by atoms with E-state index in [1.54, 1.807) is 18.2 Å². The lowest BCUT2D eigenvalue weighted by molar-refractivity contribution is 0.0472. The lowest BCUT2D eigenvalue weighted by atomic mass is 10.0. The number of aromatic hydroxyl groups is 1. The zero-order valence-electron chi connectivity index (χ0n) is 14.4. The number of ketones is 1. The molecule has 0 heterocycles. The first-order valence-corrected chi connectivity index (χ1v) is 8.53. The molecule has 4 heteroatoms. The van der Waals surface area contributed by atoms with Gasteiger partial charge >= 0.3 is 5.97 Å². The van der Waals surface area contributed by atoms with Crippen molar-refractivity contribution in [1.82, 2.24) is 0 Å². The summed E-state index contributed by atoms with van der Waals surface area (Å²) >= 11 is 0. The number of esters is 1. The van der Waals surface area contributed by atoms with Crippen molar-refractivity contribution in [2.75, 3.05) is 6.61 Å². The molecule has 4 nitrogen and oxygen atoms in total. The number of phenolic OH excluding ortho intramolecular Hbond substituents is 1. The number of carbonyl (C=O) groups excluding carboxylic acids is 2. The van der Waals surface area contributed by atoms with Crippen LogP contribution in [0.3, 0.4) is 0 Å². The fourth-order valence-electron chi connectivity index (χ4n) is 3.15. The highest BCUT2D eigenvalue weighted by Gasteiger charge is 2.17. The van der Waals surface area contributed by atoms with Crippen LogP contribution in [0, 0.1) is 0 Å². The van der Waals surface area contributed by atoms with Gasteiger partial charge in [0.15, 0.2) is 6.61 Å². The molecule has 0 saturated carbocycles. The van der Waals surface area contributed by atoms with Gasteiger partial charge in [-0.05, 0) is 33.7 Å². The average Bonchev–Trinajstić information content (AvgIpc) is 2.70. The maximum Gasteiger partial charge on any atom is 0.342 e. The van der Waals surface area contributed by atoms with Crippen LogP contribution >= 0.6 is 0 Å². The van der Waals surface area contributed by atoms with E-state index in [2.05, 4.69) is 0 Å². The predicted octanol–water partition coefficient (Wildman–Crippen LogP) is 4.74. The van der Waals surface area contributed by atoms with Crippen molar-refractivity contribution in [1.29, 1.82) is 0 Å². The van der Waals surface area contributed by atoms with Gasteiger partial charge in [-0.15, -0.1) is 0 Å². The van der Waals surface area contributed by atoms with Gasteiger partial charge in [0.05, 0.1) is 0 Å². The number of Topliss-reactive ketones (excluding diaryl/α,β-unsaturated/α-hetero) is 1. The molecule has 27 heavy (non-hydrogen) atoms. The van der Waals surface area contributed by atoms with Crippen LogP contribution in [-0.2, 0) is 4.74 Å². The molecule has 4 rings (SSSR count). The van der Waals surface area contributed by atoms with Gasteiger partial charge in [-0.1, -0.05) is 66.7 Å². The van der Waals surface area contributed by atoms with Crippen LogP contribution in [0.1, 0.15) is 20.7 Å². The van der Waals surface area contributed by atoms with Crippen LogP contribution in [0.4, 0.5) is 0 Å². The van der Waals surface area contributed by atoms with Gasteiger partial charge in [0.1, 0.15) is 11.3 Å². The van der Waals surface area contributed by atoms with Crippen LogP contribution in [0.2, 0.25) is 0 Å². The van der Waals surface area contributed by atoms with Gasteiger partial charge in [0, 0.05) is 5.56 Å². The maximum atomic E-state index is 12.6. The number of phenols is 1. The Kier molecular flexibility index (Phi) is 4.30. The van der Waals surface area contributed by atoms with Crippen molar-refractivity contribution in [2.45, 2.75) is 0 Å². The molecule has 0 unspecified atom stereocenters. The Balaban J connectivity index is 1.55. The Morgan fingerprint density at radius 3 is 2.15 bits per heavy atom. The molecular formula is C23H16O4. The number of benzene rings is 4. The van der Waals surface area contributed by atoms with Crippen molar-refractivity contribution in [3.63, 3.8) is 0 Å². The van der Waals surface area contributed by atoms with Crippen LogP contribution in [0.15, 0.2) is 78.9 Å². The third-order valence-electron chi connectivity index (χ3n) is 4.51. The van der Waals surface area contributed by atoms with Crippen molar-refractivity contribution < 1.29 is 19.4 Å². The number of hydrogen-bond donors (Lipinski definition) is 1. The minimum atomic E-state index is -0.730. The fraction of sp³-hybridized carbons (Fsp3) is 0.0435. The Morgan fingerprint density at radius 2 is 1.37 bits per heavy atom. The zero-order chi connectivity index (χ0) is 18.8. The molecule has 0 fully saturated rings. The highest BCUT2D eigenvalue weighted by Crippen LogP contribution is 2.26. The molecule has 4 aromatic rings. The standard InChI is InChI=1S/C23H16O4/c24-21-13-17-8-2-1-7-16(17)12-20(21)23(26)27-14-22(25)19-11-5-9-15-6-3-4-10-18(15)19/h1-13,24H,14H2. The van der Waals surface area contributed by atoms with Gasteiger partial charge in [-0.2, -0.15) is 0 Å². The Bertz CT molecular complexity index is 1170. The maximum absolute atomic E-state index is 12.6. The molecule has 0 aliphatic rings. The van der Waals surface area contributed by atoms with Crippen molar-refractivity contribution in [2.24, 2.45) is 0 Å². The molecule has 0 amide bonds. The third kappa shape index (κ3) is 3.25. The van der Waals surface area contributed by atoms with Crippen molar-refractivity contribution in [3.8, 4) is 5.75 Å². The fourth-order valence-corrected chi connectivity index (χ4v) is 3.15. The first kappa shape index (κ1) is 16.8. The molecule has 0 aromatic heterocycles. The largest absolute Gasteiger partial charge is 0.507 e. The second kappa shape index (κ2) is 6.92. The number of carbonyl (C=O) groups is 2. The smallest absolute Gasteiger partial charge is 0.342 e. The highest BCUT2D eigenvalue weighted by atomic mass is 16.5. The Morgan fingerprint density at radius 1 is 0.741 bits per heavy atom. The van der Waals surface area contributed by atoms with E-state index < -0.39 is 5.97 Å². The summed E-state index contributed by atoms with van der Waals surface area (Å²) in [6, 6.07) is 23.4. The average molecular weight is 356 g/mol. The molecule has 0 aliphatic heterocycles. The SMILES string of the molecule is O=C(OCC(=O)c1cccc2ccccc12)c1cc2ccccc2cc1O. The van der Waals surface area contributed by atoms with Crippen molar-refractivity contribution >= 4 is 33.3 Å². The van der Waals surface area contributed by atoms with E-state index in [9.17, 15) is 14.7 Å². The van der Waals surface area contributed by atoms with E-state index in [-0.39, 0.29) is 23.7 Å². The van der Waals surface area contributed by atoms with Crippen molar-refractivity contribution in [3.05, 3.63) is 90.0 Å². The monoisotopic (exact) mass is 356 g/mol. The number of rotatable bonds is 4. The summed E-state index contributed by atoms with van der Waals surface area (Å²) in [5.74, 6) is -1.19. The van der Waals surface area contributed by atoms with Gasteiger partial charge in [0.25, 0.3) is 0 Å². The van der Waals surface area contributed by atoms with Crippen LogP contribution in [0.5, 0.6) is 5.75 Å². The van der Waals surface area contributed by atoms with Gasteiger partial charge in [-0.25, -0.2) is 4.79 Å². The third-order valence-corrected chi connectivity index (χ3v) is 4.51. The minimum absolute atomic E-state index is 0.0411. The topological polar surface area (TPSA) is 63.6 Å². The molecule has 132 valence electrons. The van der Waals surface area contributed by atoms with E-state index >= 15 is 0 Å². The first-order valence-electron chi connectivity index (χ1n) is 8.53. The molecule has 0 atom stereocenters. The van der Waals surface area contributed by atoms with Crippen LogP contribution in [-0.4, -0.2) is 23.5 Å². The highest BCUT2D eigenvalue weighted by molar-refractivity contribution is 6.09. The van der Waals surface area contributed by atoms with Crippen LogP contribution < -0.4 is 0 Å². The van der Waals surface area contributed by atoms with E-state index in [0.717, 1.165) is 21.5 Å². The summed E-state index contributed by atoms with van der Waals surface area (Å²) in [6.45, 7) is -0.390. The van der Waals surface area contributed by atoms with Crippen LogP contribution in [0.25, 0.3) is 21.5 Å². The van der Waals surface area contributed by atoms with E-state index in [0.29, 0.717) is 5.56 Å². The Labute approximate surface area is 155 Å². The summed E-state index contributed by atoms with van der Waals surface area (Å²) in [5.41, 5.74) is 0.544. The van der Waals surface area contributed by atoms with E-state index in [1.165, 1.54) is 6.07 Å². The number of hydrogen-bond acceptors (Lipinski definition) is 4. The lowest BCUT2D eigenvalue weighted by Gasteiger charge is -2.09. The summed E-state index contributed by atoms with van der Waals surface area (Å²) in [6.07, 6.45) is 0. The lowest BCUT2D eigenvalue weighted by Crippen LogP contribution is -2.14. The molecule has 0 bridgehead atoms. The molecule has 0 spiro atoms. The summed E-state index contributed by atoms with van der Waals surface area (Å²) in [5, 5.41) is 13.5. The first-order chi connectivity index (χ1) is 13.1. The van der Waals surface area contributed by atoms with Gasteiger partial charge in [-0.3, -0.25) is 4.79 Å². The molecule has 4 aromatic carbocycles. The minimum Gasteiger partial charge on any atom is -0.507 e. The molecule has 0 aliphatic carbocycles. The predicted molar refractivity (Wildman–Crippen MR) is 104 cm³/mol.